The standard InChI is InChI=1S/C11H19N3O3S2/c1-8-10(18-11(12)13-8)19(15,16)14-5-3-4-9(6-14)7-17-2/h9H,3-7H2,1-2H3,(H2,12,13). The van der Waals surface area contributed by atoms with E-state index in [-0.39, 0.29) is 10.1 Å². The normalized spacial score (nSPS) is 21.7. The van der Waals surface area contributed by atoms with Crippen LogP contribution in [0.1, 0.15) is 18.5 Å². The first-order chi connectivity index (χ1) is 8.95. The number of hydrogen-bond donors (Lipinski definition) is 1. The van der Waals surface area contributed by atoms with Crippen LogP contribution >= 0.6 is 11.3 Å². The highest BCUT2D eigenvalue weighted by Crippen LogP contribution is 2.30. The molecule has 0 radical (unpaired) electrons. The second-order valence-electron chi connectivity index (χ2n) is 4.75. The molecule has 0 saturated carbocycles. The number of aromatic nitrogens is 1. The van der Waals surface area contributed by atoms with Gasteiger partial charge in [0.1, 0.15) is 0 Å². The van der Waals surface area contributed by atoms with E-state index in [0.29, 0.717) is 30.5 Å². The van der Waals surface area contributed by atoms with Gasteiger partial charge in [0.15, 0.2) is 9.34 Å². The van der Waals surface area contributed by atoms with E-state index in [9.17, 15) is 8.42 Å². The van der Waals surface area contributed by atoms with Crippen molar-refractivity contribution >= 4 is 26.5 Å². The van der Waals surface area contributed by atoms with Crippen molar-refractivity contribution in [1.29, 1.82) is 0 Å². The summed E-state index contributed by atoms with van der Waals surface area (Å²) in [6, 6.07) is 0. The molecule has 1 aromatic heterocycles. The third-order valence-corrected chi connectivity index (χ3v) is 6.67. The monoisotopic (exact) mass is 305 g/mol. The summed E-state index contributed by atoms with van der Waals surface area (Å²) < 4.78 is 32.1. The van der Waals surface area contributed by atoms with Crippen LogP contribution in [0.2, 0.25) is 0 Å². The fraction of sp³-hybridized carbons (Fsp3) is 0.727. The van der Waals surface area contributed by atoms with Crippen molar-refractivity contribution in [3.63, 3.8) is 0 Å². The highest BCUT2D eigenvalue weighted by atomic mass is 32.2. The van der Waals surface area contributed by atoms with Crippen LogP contribution in [0.15, 0.2) is 4.21 Å². The van der Waals surface area contributed by atoms with Gasteiger partial charge in [-0.05, 0) is 25.7 Å². The number of hydrogen-bond acceptors (Lipinski definition) is 6. The number of nitrogens with two attached hydrogens (primary N) is 1. The topological polar surface area (TPSA) is 85.5 Å². The summed E-state index contributed by atoms with van der Waals surface area (Å²) in [4.78, 5) is 3.99. The van der Waals surface area contributed by atoms with Crippen LogP contribution in [0.5, 0.6) is 0 Å². The van der Waals surface area contributed by atoms with Gasteiger partial charge in [0.05, 0.1) is 12.3 Å². The smallest absolute Gasteiger partial charge is 0.254 e. The molecule has 0 aromatic carbocycles. The predicted molar refractivity (Wildman–Crippen MR) is 74.6 cm³/mol. The molecule has 8 heteroatoms. The van der Waals surface area contributed by atoms with Gasteiger partial charge in [-0.25, -0.2) is 13.4 Å². The Hall–Kier alpha value is -0.700. The fourth-order valence-electron chi connectivity index (χ4n) is 2.38. The van der Waals surface area contributed by atoms with Crippen LogP contribution in [-0.2, 0) is 14.8 Å². The van der Waals surface area contributed by atoms with Crippen LogP contribution in [-0.4, -0.2) is 44.5 Å². The first-order valence-corrected chi connectivity index (χ1v) is 8.42. The summed E-state index contributed by atoms with van der Waals surface area (Å²) in [6.07, 6.45) is 1.87. The molecule has 1 saturated heterocycles. The Balaban J connectivity index is 2.22. The highest BCUT2D eigenvalue weighted by molar-refractivity contribution is 7.91. The summed E-state index contributed by atoms with van der Waals surface area (Å²) in [5.74, 6) is 0.263. The van der Waals surface area contributed by atoms with E-state index in [1.165, 1.54) is 4.31 Å². The third-order valence-electron chi connectivity index (χ3n) is 3.23. The van der Waals surface area contributed by atoms with E-state index < -0.39 is 10.0 Å². The lowest BCUT2D eigenvalue weighted by atomic mass is 10.0. The molecule has 19 heavy (non-hydrogen) atoms. The van der Waals surface area contributed by atoms with E-state index in [0.717, 1.165) is 24.2 Å². The molecule has 108 valence electrons. The largest absolute Gasteiger partial charge is 0.384 e. The summed E-state index contributed by atoms with van der Waals surface area (Å²) in [5, 5.41) is 0.293. The maximum Gasteiger partial charge on any atom is 0.254 e. The molecule has 1 fully saturated rings. The van der Waals surface area contributed by atoms with Gasteiger partial charge < -0.3 is 10.5 Å². The lowest BCUT2D eigenvalue weighted by Crippen LogP contribution is -2.41. The number of anilines is 1. The maximum absolute atomic E-state index is 12.6. The zero-order valence-electron chi connectivity index (χ0n) is 11.1. The Morgan fingerprint density at radius 1 is 1.58 bits per heavy atom. The summed E-state index contributed by atoms with van der Waals surface area (Å²) in [7, 11) is -1.83. The van der Waals surface area contributed by atoms with Gasteiger partial charge in [-0.15, -0.1) is 0 Å². The number of methoxy groups -OCH3 is 1. The number of ether oxygens (including phenoxy) is 1. The minimum absolute atomic E-state index is 0.263. The Bertz CT molecular complexity index is 539. The quantitative estimate of drug-likeness (QED) is 0.899. The van der Waals surface area contributed by atoms with Gasteiger partial charge in [0.25, 0.3) is 10.0 Å². The summed E-state index contributed by atoms with van der Waals surface area (Å²) in [6.45, 7) is 3.33. The van der Waals surface area contributed by atoms with Crippen molar-refractivity contribution in [2.24, 2.45) is 5.92 Å². The number of piperidine rings is 1. The molecule has 2 rings (SSSR count). The first-order valence-electron chi connectivity index (χ1n) is 6.17. The van der Waals surface area contributed by atoms with Crippen LogP contribution in [0.3, 0.4) is 0 Å². The number of aryl methyl sites for hydroxylation is 1. The van der Waals surface area contributed by atoms with E-state index >= 15 is 0 Å². The summed E-state index contributed by atoms with van der Waals surface area (Å²) >= 11 is 1.04. The van der Waals surface area contributed by atoms with Crippen LogP contribution in [0.25, 0.3) is 0 Å². The molecule has 0 aliphatic carbocycles. The van der Waals surface area contributed by atoms with E-state index in [4.69, 9.17) is 10.5 Å². The lowest BCUT2D eigenvalue weighted by Gasteiger charge is -2.31. The van der Waals surface area contributed by atoms with Crippen LogP contribution in [0, 0.1) is 12.8 Å². The average Bonchev–Trinajstić information content (AvgIpc) is 2.70. The minimum atomic E-state index is -3.47. The van der Waals surface area contributed by atoms with E-state index in [1.54, 1.807) is 14.0 Å². The molecule has 1 atom stereocenters. The fourth-order valence-corrected chi connectivity index (χ4v) is 5.37. The molecule has 2 heterocycles. The van der Waals surface area contributed by atoms with Crippen molar-refractivity contribution in [1.82, 2.24) is 9.29 Å². The molecule has 0 spiro atoms. The van der Waals surface area contributed by atoms with Gasteiger partial charge in [-0.1, -0.05) is 11.3 Å². The molecule has 0 bridgehead atoms. The van der Waals surface area contributed by atoms with Gasteiger partial charge in [0, 0.05) is 20.2 Å². The maximum atomic E-state index is 12.6. The van der Waals surface area contributed by atoms with Crippen molar-refractivity contribution in [3.8, 4) is 0 Å². The number of nitrogen functional groups attached to an aromatic ring is 1. The second-order valence-corrected chi connectivity index (χ2v) is 7.92. The zero-order valence-corrected chi connectivity index (χ0v) is 12.8. The van der Waals surface area contributed by atoms with Gasteiger partial charge in [-0.3, -0.25) is 0 Å². The van der Waals surface area contributed by atoms with Crippen molar-refractivity contribution in [3.05, 3.63) is 5.69 Å². The molecule has 6 nitrogen and oxygen atoms in total. The van der Waals surface area contributed by atoms with Crippen LogP contribution < -0.4 is 5.73 Å². The van der Waals surface area contributed by atoms with E-state index in [2.05, 4.69) is 4.98 Å². The highest BCUT2D eigenvalue weighted by Gasteiger charge is 2.32. The number of rotatable bonds is 4. The molecular weight excluding hydrogens is 286 g/mol. The zero-order chi connectivity index (χ0) is 14.0. The molecule has 1 aliphatic rings. The Labute approximate surface area is 117 Å². The Morgan fingerprint density at radius 2 is 2.32 bits per heavy atom. The minimum Gasteiger partial charge on any atom is -0.384 e. The molecule has 1 aromatic rings. The Kier molecular flexibility index (Phi) is 4.44. The predicted octanol–water partition coefficient (Wildman–Crippen LogP) is 1.08. The SMILES string of the molecule is COCC1CCCN(S(=O)(=O)c2sc(N)nc2C)C1. The molecule has 1 aliphatic heterocycles. The van der Waals surface area contributed by atoms with Gasteiger partial charge in [-0.2, -0.15) is 4.31 Å². The van der Waals surface area contributed by atoms with Crippen molar-refractivity contribution < 1.29 is 13.2 Å². The van der Waals surface area contributed by atoms with Gasteiger partial charge >= 0.3 is 0 Å². The summed E-state index contributed by atoms with van der Waals surface area (Å²) in [5.41, 5.74) is 6.07. The van der Waals surface area contributed by atoms with E-state index in [1.807, 2.05) is 0 Å². The number of thiazole rings is 1. The average molecular weight is 305 g/mol. The van der Waals surface area contributed by atoms with Gasteiger partial charge in [0.2, 0.25) is 0 Å². The Morgan fingerprint density at radius 3 is 2.89 bits per heavy atom. The molecule has 0 amide bonds. The first kappa shape index (κ1) is 14.7. The molecule has 1 unspecified atom stereocenters. The second kappa shape index (κ2) is 5.74. The number of sulfonamides is 1. The molecule has 2 N–H and O–H groups in total. The molecular formula is C11H19N3O3S2. The third kappa shape index (κ3) is 3.07. The number of nitrogens with zero attached hydrogens (tertiary/aromatic N) is 2. The van der Waals surface area contributed by atoms with Crippen LogP contribution in [0.4, 0.5) is 5.13 Å². The van der Waals surface area contributed by atoms with Crippen molar-refractivity contribution in [2.45, 2.75) is 24.0 Å². The van der Waals surface area contributed by atoms with Crippen molar-refractivity contribution in [2.75, 3.05) is 32.5 Å². The lowest BCUT2D eigenvalue weighted by molar-refractivity contribution is 0.118.